The number of nitrogens with two attached hydrogens (primary N) is 1. The quantitative estimate of drug-likeness (QED) is 0.786. The summed E-state index contributed by atoms with van der Waals surface area (Å²) in [6, 6.07) is 18.0. The molecule has 0 unspecified atom stereocenters. The number of halogens is 1. The number of hydrogen-bond acceptors (Lipinski definition) is 3. The third-order valence-electron chi connectivity index (χ3n) is 3.52. The van der Waals surface area contributed by atoms with Crippen LogP contribution in [0.5, 0.6) is 0 Å². The van der Waals surface area contributed by atoms with E-state index in [1.807, 2.05) is 48.5 Å². The van der Waals surface area contributed by atoms with Crippen molar-refractivity contribution < 1.29 is 9.84 Å². The molecule has 3 rings (SSSR count). The first-order chi connectivity index (χ1) is 10.7. The summed E-state index contributed by atoms with van der Waals surface area (Å²) in [6.07, 6.45) is 0. The number of nitrogens with zero attached hydrogens (tertiary/aromatic N) is 2. The standard InChI is InChI=1S/C17H16ClN3O/c1-12(14-8-5-9-15(18)10-14)19-11-16-20-17(21-22-16)13-6-3-2-4-7-13/h2-10,12,19H,11H2,1H3/p+1/t12-/m1/s1. The highest BCUT2D eigenvalue weighted by Crippen LogP contribution is 2.16. The molecule has 112 valence electrons. The number of hydrogen-bond donors (Lipinski definition) is 1. The summed E-state index contributed by atoms with van der Waals surface area (Å²) in [6.45, 7) is 2.76. The molecule has 0 saturated heterocycles. The van der Waals surface area contributed by atoms with Gasteiger partial charge < -0.3 is 9.84 Å². The van der Waals surface area contributed by atoms with Gasteiger partial charge in [-0.1, -0.05) is 59.2 Å². The Morgan fingerprint density at radius 3 is 2.73 bits per heavy atom. The number of aromatic nitrogens is 2. The van der Waals surface area contributed by atoms with Crippen molar-refractivity contribution in [2.45, 2.75) is 19.5 Å². The van der Waals surface area contributed by atoms with Crippen molar-refractivity contribution in [3.8, 4) is 11.4 Å². The van der Waals surface area contributed by atoms with E-state index in [-0.39, 0.29) is 6.04 Å². The smallest absolute Gasteiger partial charge is 0.282 e. The third kappa shape index (κ3) is 3.53. The highest BCUT2D eigenvalue weighted by Gasteiger charge is 2.13. The lowest BCUT2D eigenvalue weighted by Crippen LogP contribution is -2.83. The van der Waals surface area contributed by atoms with Gasteiger partial charge in [0.1, 0.15) is 6.04 Å². The number of quaternary nitrogens is 1. The van der Waals surface area contributed by atoms with Crippen LogP contribution in [0.3, 0.4) is 0 Å². The van der Waals surface area contributed by atoms with Gasteiger partial charge in [0.15, 0.2) is 6.54 Å². The molecule has 0 aliphatic carbocycles. The first-order valence-electron chi connectivity index (χ1n) is 7.19. The Morgan fingerprint density at radius 2 is 1.95 bits per heavy atom. The second-order valence-electron chi connectivity index (χ2n) is 5.16. The van der Waals surface area contributed by atoms with Crippen LogP contribution in [0.1, 0.15) is 24.4 Å². The van der Waals surface area contributed by atoms with Crippen molar-refractivity contribution in [2.75, 3.05) is 0 Å². The fourth-order valence-corrected chi connectivity index (χ4v) is 2.44. The van der Waals surface area contributed by atoms with Crippen molar-refractivity contribution in [1.82, 2.24) is 10.1 Å². The van der Waals surface area contributed by atoms with Crippen LogP contribution in [0.2, 0.25) is 5.02 Å². The highest BCUT2D eigenvalue weighted by atomic mass is 35.5. The minimum Gasteiger partial charge on any atom is -0.333 e. The predicted octanol–water partition coefficient (Wildman–Crippen LogP) is 3.21. The number of rotatable bonds is 5. The summed E-state index contributed by atoms with van der Waals surface area (Å²) in [7, 11) is 0. The van der Waals surface area contributed by atoms with E-state index in [2.05, 4.69) is 28.4 Å². The molecule has 0 radical (unpaired) electrons. The molecular formula is C17H17ClN3O+. The van der Waals surface area contributed by atoms with E-state index < -0.39 is 0 Å². The maximum atomic E-state index is 6.02. The van der Waals surface area contributed by atoms with Crippen LogP contribution in [0, 0.1) is 0 Å². The first-order valence-corrected chi connectivity index (χ1v) is 7.57. The second-order valence-corrected chi connectivity index (χ2v) is 5.60. The third-order valence-corrected chi connectivity index (χ3v) is 3.76. The van der Waals surface area contributed by atoms with E-state index >= 15 is 0 Å². The minimum absolute atomic E-state index is 0.269. The molecule has 5 heteroatoms. The van der Waals surface area contributed by atoms with Gasteiger partial charge in [-0.2, -0.15) is 4.98 Å². The average molecular weight is 315 g/mol. The topological polar surface area (TPSA) is 55.5 Å². The Bertz CT molecular complexity index is 742. The van der Waals surface area contributed by atoms with Crippen molar-refractivity contribution in [2.24, 2.45) is 0 Å². The van der Waals surface area contributed by atoms with Gasteiger partial charge in [0, 0.05) is 16.1 Å². The summed E-state index contributed by atoms with van der Waals surface area (Å²) in [5.74, 6) is 1.24. The summed E-state index contributed by atoms with van der Waals surface area (Å²) < 4.78 is 5.31. The van der Waals surface area contributed by atoms with Crippen molar-refractivity contribution in [3.05, 3.63) is 71.1 Å². The van der Waals surface area contributed by atoms with Crippen molar-refractivity contribution >= 4 is 11.6 Å². The van der Waals surface area contributed by atoms with Crippen LogP contribution >= 0.6 is 11.6 Å². The lowest BCUT2D eigenvalue weighted by molar-refractivity contribution is -0.710. The van der Waals surface area contributed by atoms with Crippen LogP contribution in [-0.4, -0.2) is 10.1 Å². The molecule has 0 aliphatic heterocycles. The van der Waals surface area contributed by atoms with Gasteiger partial charge in [-0.05, 0) is 19.1 Å². The molecule has 0 fully saturated rings. The Balaban J connectivity index is 1.64. The molecule has 0 spiro atoms. The molecule has 1 heterocycles. The van der Waals surface area contributed by atoms with E-state index in [4.69, 9.17) is 16.1 Å². The second kappa shape index (κ2) is 6.73. The summed E-state index contributed by atoms with van der Waals surface area (Å²) in [5.41, 5.74) is 2.13. The summed E-state index contributed by atoms with van der Waals surface area (Å²) in [5, 5.41) is 6.92. The molecule has 22 heavy (non-hydrogen) atoms. The van der Waals surface area contributed by atoms with Gasteiger partial charge in [-0.15, -0.1) is 0 Å². The van der Waals surface area contributed by atoms with Crippen LogP contribution in [-0.2, 0) is 6.54 Å². The molecule has 1 atom stereocenters. The van der Waals surface area contributed by atoms with E-state index in [1.54, 1.807) is 0 Å². The van der Waals surface area contributed by atoms with Gasteiger partial charge in [0.25, 0.3) is 5.89 Å². The molecular weight excluding hydrogens is 298 g/mol. The molecule has 0 bridgehead atoms. The lowest BCUT2D eigenvalue weighted by atomic mass is 10.1. The van der Waals surface area contributed by atoms with E-state index in [1.165, 1.54) is 5.56 Å². The minimum atomic E-state index is 0.269. The van der Waals surface area contributed by atoms with Crippen LogP contribution < -0.4 is 5.32 Å². The monoisotopic (exact) mass is 314 g/mol. The van der Waals surface area contributed by atoms with Crippen molar-refractivity contribution in [1.29, 1.82) is 0 Å². The fraction of sp³-hybridized carbons (Fsp3) is 0.176. The largest absolute Gasteiger partial charge is 0.333 e. The Hall–Kier alpha value is -2.17. The van der Waals surface area contributed by atoms with Crippen LogP contribution in [0.4, 0.5) is 0 Å². The molecule has 1 aromatic heterocycles. The molecule has 0 aliphatic rings. The van der Waals surface area contributed by atoms with E-state index in [0.717, 1.165) is 10.6 Å². The van der Waals surface area contributed by atoms with Gasteiger partial charge >= 0.3 is 0 Å². The highest BCUT2D eigenvalue weighted by molar-refractivity contribution is 6.30. The molecule has 0 saturated carbocycles. The Labute approximate surface area is 134 Å². The first kappa shape index (κ1) is 14.8. The lowest BCUT2D eigenvalue weighted by Gasteiger charge is -2.09. The predicted molar refractivity (Wildman–Crippen MR) is 85.2 cm³/mol. The molecule has 2 N–H and O–H groups in total. The maximum Gasteiger partial charge on any atom is 0.282 e. The summed E-state index contributed by atoms with van der Waals surface area (Å²) >= 11 is 6.02. The van der Waals surface area contributed by atoms with E-state index in [0.29, 0.717) is 18.3 Å². The Kier molecular flexibility index (Phi) is 4.51. The maximum absolute atomic E-state index is 6.02. The van der Waals surface area contributed by atoms with E-state index in [9.17, 15) is 0 Å². The fourth-order valence-electron chi connectivity index (χ4n) is 2.25. The zero-order valence-corrected chi connectivity index (χ0v) is 13.0. The van der Waals surface area contributed by atoms with Crippen LogP contribution in [0.15, 0.2) is 59.1 Å². The van der Waals surface area contributed by atoms with Crippen LogP contribution in [0.25, 0.3) is 11.4 Å². The zero-order chi connectivity index (χ0) is 15.4. The normalized spacial score (nSPS) is 12.3. The van der Waals surface area contributed by atoms with Gasteiger partial charge in [0.2, 0.25) is 5.82 Å². The van der Waals surface area contributed by atoms with Crippen molar-refractivity contribution in [3.63, 3.8) is 0 Å². The average Bonchev–Trinajstić information content (AvgIpc) is 3.02. The van der Waals surface area contributed by atoms with Gasteiger partial charge in [-0.25, -0.2) is 0 Å². The molecule has 4 nitrogen and oxygen atoms in total. The number of benzene rings is 2. The zero-order valence-electron chi connectivity index (χ0n) is 12.2. The molecule has 2 aromatic carbocycles. The van der Waals surface area contributed by atoms with Gasteiger partial charge in [-0.3, -0.25) is 0 Å². The summed E-state index contributed by atoms with van der Waals surface area (Å²) in [4.78, 5) is 4.43. The Morgan fingerprint density at radius 1 is 1.14 bits per heavy atom. The molecule has 0 amide bonds. The SMILES string of the molecule is C[C@@H]([NH2+]Cc1nc(-c2ccccc2)no1)c1cccc(Cl)c1. The van der Waals surface area contributed by atoms with Gasteiger partial charge in [0.05, 0.1) is 0 Å². The molecule has 3 aromatic rings.